The molecular formula is C25H24N8O. The molecule has 9 nitrogen and oxygen atoms in total. The van der Waals surface area contributed by atoms with Crippen molar-refractivity contribution in [3.63, 3.8) is 0 Å². The van der Waals surface area contributed by atoms with Crippen LogP contribution in [0.3, 0.4) is 0 Å². The molecule has 6 rings (SSSR count). The van der Waals surface area contributed by atoms with Crippen LogP contribution >= 0.6 is 0 Å². The van der Waals surface area contributed by atoms with Crippen LogP contribution in [0.4, 0.5) is 11.4 Å². The largest absolute Gasteiger partial charge is 0.386 e. The van der Waals surface area contributed by atoms with E-state index in [9.17, 15) is 4.79 Å². The zero-order chi connectivity index (χ0) is 23.3. The minimum Gasteiger partial charge on any atom is -0.386 e. The summed E-state index contributed by atoms with van der Waals surface area (Å²) in [5.41, 5.74) is 9.57. The standard InChI is InChI=1S/C13H12N4O.C12H12N4/c18-9-15-13-5-6-17(16-13)11-7-10-3-1-2-4-12(10)14-8-11;13-12-5-6-16(15-12)10-7-9-3-1-2-4-11(9)14-8-10/h1-4,7-9H,5-6H2,(H,15,16,18);1-4,7-8H,5-6H2,(H2,13,15). The van der Waals surface area contributed by atoms with Gasteiger partial charge in [0, 0.05) is 36.7 Å². The van der Waals surface area contributed by atoms with Crippen molar-refractivity contribution >= 4 is 51.3 Å². The molecule has 4 aromatic rings. The van der Waals surface area contributed by atoms with Gasteiger partial charge in [-0.05, 0) is 24.3 Å². The van der Waals surface area contributed by atoms with Crippen LogP contribution in [0.5, 0.6) is 0 Å². The predicted octanol–water partition coefficient (Wildman–Crippen LogP) is 3.22. The third kappa shape index (κ3) is 4.63. The smallest absolute Gasteiger partial charge is 0.212 e. The molecule has 9 heteroatoms. The molecule has 0 spiro atoms. The number of hydrogen-bond acceptors (Lipinski definition) is 8. The second kappa shape index (κ2) is 9.53. The number of nitrogens with one attached hydrogen (secondary N) is 1. The third-order valence-corrected chi connectivity index (χ3v) is 5.60. The zero-order valence-electron chi connectivity index (χ0n) is 18.5. The quantitative estimate of drug-likeness (QED) is 0.462. The second-order valence-electron chi connectivity index (χ2n) is 7.92. The highest BCUT2D eigenvalue weighted by Crippen LogP contribution is 2.23. The van der Waals surface area contributed by atoms with Crippen LogP contribution < -0.4 is 21.1 Å². The van der Waals surface area contributed by atoms with Crippen LogP contribution in [-0.4, -0.2) is 41.1 Å². The maximum atomic E-state index is 10.4. The van der Waals surface area contributed by atoms with E-state index in [1.54, 1.807) is 6.20 Å². The average Bonchev–Trinajstić information content (AvgIpc) is 3.53. The van der Waals surface area contributed by atoms with Gasteiger partial charge < -0.3 is 11.1 Å². The van der Waals surface area contributed by atoms with E-state index in [1.807, 2.05) is 58.7 Å². The van der Waals surface area contributed by atoms with Gasteiger partial charge in [0.25, 0.3) is 0 Å². The Morgan fingerprint density at radius 1 is 0.794 bits per heavy atom. The number of hydrogen-bond donors (Lipinski definition) is 2. The van der Waals surface area contributed by atoms with E-state index in [0.717, 1.165) is 59.1 Å². The molecule has 2 aliphatic heterocycles. The maximum Gasteiger partial charge on any atom is 0.212 e. The Kier molecular flexibility index (Phi) is 5.98. The number of amidine groups is 2. The highest BCUT2D eigenvalue weighted by molar-refractivity contribution is 5.93. The lowest BCUT2D eigenvalue weighted by Crippen LogP contribution is -2.18. The lowest BCUT2D eigenvalue weighted by atomic mass is 10.2. The molecule has 0 radical (unpaired) electrons. The van der Waals surface area contributed by atoms with Crippen molar-refractivity contribution in [3.05, 3.63) is 73.1 Å². The van der Waals surface area contributed by atoms with Crippen LogP contribution in [0.1, 0.15) is 12.8 Å². The van der Waals surface area contributed by atoms with Crippen molar-refractivity contribution in [1.82, 2.24) is 15.3 Å². The molecule has 0 saturated heterocycles. The number of carbonyl (C=O) groups excluding carboxylic acids is 1. The van der Waals surface area contributed by atoms with Gasteiger partial charge in [0.1, 0.15) is 11.7 Å². The first-order valence-electron chi connectivity index (χ1n) is 11.0. The van der Waals surface area contributed by atoms with E-state index in [0.29, 0.717) is 18.1 Å². The van der Waals surface area contributed by atoms with Crippen molar-refractivity contribution in [2.45, 2.75) is 12.8 Å². The number of carbonyl (C=O) groups is 1. The maximum absolute atomic E-state index is 10.4. The van der Waals surface area contributed by atoms with E-state index < -0.39 is 0 Å². The Hall–Kier alpha value is -4.53. The summed E-state index contributed by atoms with van der Waals surface area (Å²) in [6, 6.07) is 20.1. The van der Waals surface area contributed by atoms with Crippen molar-refractivity contribution in [1.29, 1.82) is 0 Å². The first-order valence-corrected chi connectivity index (χ1v) is 11.0. The Morgan fingerprint density at radius 2 is 1.35 bits per heavy atom. The van der Waals surface area contributed by atoms with Crippen molar-refractivity contribution in [2.75, 3.05) is 23.1 Å². The van der Waals surface area contributed by atoms with E-state index in [-0.39, 0.29) is 0 Å². The van der Waals surface area contributed by atoms with Gasteiger partial charge in [-0.25, -0.2) is 0 Å². The molecule has 34 heavy (non-hydrogen) atoms. The molecule has 0 bridgehead atoms. The van der Waals surface area contributed by atoms with Crippen molar-refractivity contribution in [2.24, 2.45) is 15.9 Å². The number of pyridine rings is 2. The molecule has 2 aromatic heterocycles. The third-order valence-electron chi connectivity index (χ3n) is 5.60. The number of hydrazone groups is 2. The number of benzene rings is 2. The fourth-order valence-corrected chi connectivity index (χ4v) is 3.88. The molecule has 4 heterocycles. The molecule has 0 fully saturated rings. The van der Waals surface area contributed by atoms with Crippen LogP contribution in [0.25, 0.3) is 21.8 Å². The summed E-state index contributed by atoms with van der Waals surface area (Å²) in [5, 5.41) is 17.1. The van der Waals surface area contributed by atoms with E-state index in [4.69, 9.17) is 5.73 Å². The van der Waals surface area contributed by atoms with Gasteiger partial charge in [0.2, 0.25) is 6.41 Å². The molecule has 0 saturated carbocycles. The average molecular weight is 453 g/mol. The molecule has 2 aromatic carbocycles. The van der Waals surface area contributed by atoms with Crippen LogP contribution in [0.2, 0.25) is 0 Å². The first-order chi connectivity index (χ1) is 16.7. The molecule has 0 aliphatic carbocycles. The van der Waals surface area contributed by atoms with Gasteiger partial charge in [-0.15, -0.1) is 0 Å². The van der Waals surface area contributed by atoms with Crippen LogP contribution in [0.15, 0.2) is 83.3 Å². The molecule has 0 atom stereocenters. The fourth-order valence-electron chi connectivity index (χ4n) is 3.88. The normalized spacial score (nSPS) is 15.1. The van der Waals surface area contributed by atoms with Crippen LogP contribution in [0, 0.1) is 0 Å². The van der Waals surface area contributed by atoms with Gasteiger partial charge in [-0.1, -0.05) is 36.4 Å². The molecule has 0 unspecified atom stereocenters. The number of aromatic nitrogens is 2. The number of rotatable bonds is 3. The fraction of sp³-hybridized carbons (Fsp3) is 0.160. The van der Waals surface area contributed by atoms with E-state index in [1.165, 1.54) is 0 Å². The number of amides is 1. The zero-order valence-corrected chi connectivity index (χ0v) is 18.5. The summed E-state index contributed by atoms with van der Waals surface area (Å²) >= 11 is 0. The molecule has 170 valence electrons. The minimum atomic E-state index is 0.654. The highest BCUT2D eigenvalue weighted by atomic mass is 16.1. The second-order valence-corrected chi connectivity index (χ2v) is 7.92. The number of para-hydroxylation sites is 2. The van der Waals surface area contributed by atoms with Gasteiger partial charge in [0.05, 0.1) is 34.8 Å². The lowest BCUT2D eigenvalue weighted by Gasteiger charge is -2.13. The summed E-state index contributed by atoms with van der Waals surface area (Å²) in [5.74, 6) is 1.38. The number of anilines is 2. The highest BCUT2D eigenvalue weighted by Gasteiger charge is 2.16. The lowest BCUT2D eigenvalue weighted by molar-refractivity contribution is -0.108. The summed E-state index contributed by atoms with van der Waals surface area (Å²) < 4.78 is 0. The van der Waals surface area contributed by atoms with Crippen LogP contribution in [-0.2, 0) is 4.79 Å². The predicted molar refractivity (Wildman–Crippen MR) is 136 cm³/mol. The van der Waals surface area contributed by atoms with Gasteiger partial charge in [-0.2, -0.15) is 10.2 Å². The van der Waals surface area contributed by atoms with Crippen molar-refractivity contribution < 1.29 is 4.79 Å². The first kappa shape index (κ1) is 21.3. The minimum absolute atomic E-state index is 0.654. The van der Waals surface area contributed by atoms with E-state index >= 15 is 0 Å². The Balaban J connectivity index is 0.000000142. The Labute approximate surface area is 196 Å². The molecule has 3 N–H and O–H groups in total. The Bertz CT molecular complexity index is 1400. The monoisotopic (exact) mass is 452 g/mol. The van der Waals surface area contributed by atoms with E-state index in [2.05, 4.69) is 43.7 Å². The number of nitrogens with two attached hydrogens (primary N) is 1. The summed E-state index contributed by atoms with van der Waals surface area (Å²) in [7, 11) is 0. The van der Waals surface area contributed by atoms with Gasteiger partial charge >= 0.3 is 0 Å². The number of nitrogens with zero attached hydrogens (tertiary/aromatic N) is 6. The summed E-state index contributed by atoms with van der Waals surface area (Å²) in [6.45, 7) is 1.60. The summed E-state index contributed by atoms with van der Waals surface area (Å²) in [6.07, 6.45) is 5.86. The summed E-state index contributed by atoms with van der Waals surface area (Å²) in [4.78, 5) is 19.2. The molecule has 1 amide bonds. The molecular weight excluding hydrogens is 428 g/mol. The molecule has 2 aliphatic rings. The Morgan fingerprint density at radius 3 is 1.91 bits per heavy atom. The SMILES string of the molecule is NC1=NN(c2cnc3ccccc3c2)CC1.O=CNC1=NN(c2cnc3ccccc3c2)CC1. The van der Waals surface area contributed by atoms with Crippen molar-refractivity contribution in [3.8, 4) is 0 Å². The number of fused-ring (bicyclic) bond motifs is 2. The van der Waals surface area contributed by atoms with Gasteiger partial charge in [-0.3, -0.25) is 24.8 Å². The topological polar surface area (TPSA) is 112 Å². The van der Waals surface area contributed by atoms with Gasteiger partial charge in [0.15, 0.2) is 0 Å².